The molecule has 1 aromatic rings. The number of benzene rings is 1. The average molecular weight is 365 g/mol. The second kappa shape index (κ2) is 8.37. The van der Waals surface area contributed by atoms with Crippen LogP contribution in [0.2, 0.25) is 0 Å². The highest BCUT2D eigenvalue weighted by Crippen LogP contribution is 2.32. The minimum atomic E-state index is -3.56. The minimum Gasteiger partial charge on any atom is -0.486 e. The Hall–Kier alpha value is -1.51. The number of ether oxygens (including phenoxy) is 2. The van der Waals surface area contributed by atoms with Gasteiger partial charge < -0.3 is 20.5 Å². The zero-order valence-electron chi connectivity index (χ0n) is 12.8. The molecular weight excluding hydrogens is 344 g/mol. The van der Waals surface area contributed by atoms with Crippen LogP contribution in [0.4, 0.5) is 0 Å². The third-order valence-electron chi connectivity index (χ3n) is 3.23. The van der Waals surface area contributed by atoms with Crippen molar-refractivity contribution in [2.24, 2.45) is 5.73 Å². The fraction of sp³-hybridized carbons (Fsp3) is 0.500. The summed E-state index contributed by atoms with van der Waals surface area (Å²) in [7, 11) is -3.56. The first-order chi connectivity index (χ1) is 10.4. The number of carbonyl (C=O) groups is 1. The van der Waals surface area contributed by atoms with Crippen LogP contribution < -0.4 is 20.5 Å². The summed E-state index contributed by atoms with van der Waals surface area (Å²) in [6.45, 7) is 2.89. The Bertz CT molecular complexity index is 651. The molecule has 1 aromatic carbocycles. The van der Waals surface area contributed by atoms with Crippen molar-refractivity contribution in [3.05, 3.63) is 18.2 Å². The summed E-state index contributed by atoms with van der Waals surface area (Å²) < 4.78 is 35.3. The largest absolute Gasteiger partial charge is 0.486 e. The molecule has 0 saturated heterocycles. The molecule has 1 atom stereocenters. The quantitative estimate of drug-likeness (QED) is 0.761. The van der Waals surface area contributed by atoms with E-state index in [1.54, 1.807) is 13.0 Å². The fourth-order valence-electron chi connectivity index (χ4n) is 1.97. The van der Waals surface area contributed by atoms with Crippen LogP contribution in [0.15, 0.2) is 23.1 Å². The van der Waals surface area contributed by atoms with E-state index in [0.717, 1.165) is 0 Å². The lowest BCUT2D eigenvalue weighted by Gasteiger charge is -2.18. The predicted molar refractivity (Wildman–Crippen MR) is 88.0 cm³/mol. The molecule has 2 rings (SSSR count). The number of carbonyl (C=O) groups excluding carboxylic acids is 1. The number of nitrogens with two attached hydrogens (primary N) is 1. The van der Waals surface area contributed by atoms with Crippen molar-refractivity contribution in [2.75, 3.05) is 25.5 Å². The molecule has 0 aliphatic carbocycles. The molecule has 0 aromatic heterocycles. The van der Waals surface area contributed by atoms with E-state index < -0.39 is 9.84 Å². The first kappa shape index (κ1) is 19.5. The number of rotatable bonds is 6. The van der Waals surface area contributed by atoms with Gasteiger partial charge in [-0.05, 0) is 19.1 Å². The summed E-state index contributed by atoms with van der Waals surface area (Å²) in [4.78, 5) is 11.8. The highest BCUT2D eigenvalue weighted by molar-refractivity contribution is 7.91. The van der Waals surface area contributed by atoms with Gasteiger partial charge in [0, 0.05) is 25.1 Å². The third-order valence-corrected chi connectivity index (χ3v) is 4.95. The normalized spacial score (nSPS) is 14.5. The van der Waals surface area contributed by atoms with Crippen LogP contribution in [-0.4, -0.2) is 45.9 Å². The molecule has 0 fully saturated rings. The molecule has 1 aliphatic rings. The summed E-state index contributed by atoms with van der Waals surface area (Å²) >= 11 is 0. The molecule has 0 radical (unpaired) electrons. The lowest BCUT2D eigenvalue weighted by Crippen LogP contribution is -2.38. The standard InChI is InChI=1S/C14H20N2O5S.ClH/c1-10(9-15)16-14(17)4-7-22(18,19)11-2-3-12-13(8-11)21-6-5-20-12;/h2-3,8,10H,4-7,9,15H2,1H3,(H,16,17);1H/t10-;/m0./s1. The zero-order chi connectivity index (χ0) is 16.2. The molecule has 1 heterocycles. The fourth-order valence-corrected chi connectivity index (χ4v) is 3.22. The number of halogens is 1. The van der Waals surface area contributed by atoms with Crippen LogP contribution in [0.1, 0.15) is 13.3 Å². The highest BCUT2D eigenvalue weighted by Gasteiger charge is 2.20. The lowest BCUT2D eigenvalue weighted by atomic mass is 10.3. The van der Waals surface area contributed by atoms with Gasteiger partial charge in [0.25, 0.3) is 0 Å². The van der Waals surface area contributed by atoms with Crippen molar-refractivity contribution < 1.29 is 22.7 Å². The Morgan fingerprint density at radius 1 is 1.30 bits per heavy atom. The van der Waals surface area contributed by atoms with Gasteiger partial charge >= 0.3 is 0 Å². The number of fused-ring (bicyclic) bond motifs is 1. The van der Waals surface area contributed by atoms with E-state index in [1.807, 2.05) is 0 Å². The molecule has 0 bridgehead atoms. The third kappa shape index (κ3) is 5.26. The van der Waals surface area contributed by atoms with Crippen molar-refractivity contribution in [3.8, 4) is 11.5 Å². The zero-order valence-corrected chi connectivity index (χ0v) is 14.4. The first-order valence-electron chi connectivity index (χ1n) is 7.04. The van der Waals surface area contributed by atoms with E-state index in [4.69, 9.17) is 15.2 Å². The predicted octanol–water partition coefficient (Wildman–Crippen LogP) is 0.507. The van der Waals surface area contributed by atoms with Crippen molar-refractivity contribution in [2.45, 2.75) is 24.3 Å². The molecule has 9 heteroatoms. The Kier molecular flexibility index (Phi) is 7.11. The summed E-state index contributed by atoms with van der Waals surface area (Å²) in [6.07, 6.45) is -0.110. The number of nitrogens with one attached hydrogen (secondary N) is 1. The van der Waals surface area contributed by atoms with Gasteiger partial charge in [-0.25, -0.2) is 8.42 Å². The summed E-state index contributed by atoms with van der Waals surface area (Å²) in [5, 5.41) is 2.63. The number of sulfone groups is 1. The monoisotopic (exact) mass is 364 g/mol. The van der Waals surface area contributed by atoms with Crippen LogP contribution in [-0.2, 0) is 14.6 Å². The number of hydrogen-bond acceptors (Lipinski definition) is 6. The Labute approximate surface area is 141 Å². The van der Waals surface area contributed by atoms with Crippen LogP contribution in [0.25, 0.3) is 0 Å². The Morgan fingerprint density at radius 2 is 1.96 bits per heavy atom. The molecule has 0 unspecified atom stereocenters. The molecule has 0 spiro atoms. The van der Waals surface area contributed by atoms with E-state index >= 15 is 0 Å². The lowest BCUT2D eigenvalue weighted by molar-refractivity contribution is -0.121. The molecule has 7 nitrogen and oxygen atoms in total. The van der Waals surface area contributed by atoms with Gasteiger partial charge in [-0.3, -0.25) is 4.79 Å². The maximum atomic E-state index is 12.3. The molecule has 23 heavy (non-hydrogen) atoms. The first-order valence-corrected chi connectivity index (χ1v) is 8.69. The molecule has 130 valence electrons. The van der Waals surface area contributed by atoms with Gasteiger partial charge in [0.1, 0.15) is 13.2 Å². The second-order valence-corrected chi connectivity index (χ2v) is 7.19. The molecular formula is C14H21ClN2O5S. The Morgan fingerprint density at radius 3 is 2.61 bits per heavy atom. The van der Waals surface area contributed by atoms with E-state index in [1.165, 1.54) is 12.1 Å². The van der Waals surface area contributed by atoms with Crippen molar-refractivity contribution in [3.63, 3.8) is 0 Å². The van der Waals surface area contributed by atoms with Gasteiger partial charge in [0.2, 0.25) is 5.91 Å². The van der Waals surface area contributed by atoms with Gasteiger partial charge in [-0.1, -0.05) is 0 Å². The van der Waals surface area contributed by atoms with E-state index in [2.05, 4.69) is 5.32 Å². The minimum absolute atomic E-state index is 0. The number of hydrogen-bond donors (Lipinski definition) is 2. The summed E-state index contributed by atoms with van der Waals surface area (Å²) in [5.74, 6) is 0.336. The highest BCUT2D eigenvalue weighted by atomic mass is 35.5. The topological polar surface area (TPSA) is 108 Å². The second-order valence-electron chi connectivity index (χ2n) is 5.08. The Balaban J connectivity index is 0.00000264. The van der Waals surface area contributed by atoms with Gasteiger partial charge in [-0.15, -0.1) is 12.4 Å². The summed E-state index contributed by atoms with van der Waals surface area (Å²) in [6, 6.07) is 4.29. The van der Waals surface area contributed by atoms with Crippen molar-refractivity contribution in [1.82, 2.24) is 5.32 Å². The van der Waals surface area contributed by atoms with Gasteiger partial charge in [0.15, 0.2) is 21.3 Å². The maximum Gasteiger partial charge on any atom is 0.221 e. The molecule has 1 aliphatic heterocycles. The van der Waals surface area contributed by atoms with Gasteiger partial charge in [0.05, 0.1) is 10.6 Å². The molecule has 3 N–H and O–H groups in total. The van der Waals surface area contributed by atoms with Crippen molar-refractivity contribution >= 4 is 28.2 Å². The number of amides is 1. The summed E-state index contributed by atoms with van der Waals surface area (Å²) in [5.41, 5.74) is 5.40. The smallest absolute Gasteiger partial charge is 0.221 e. The van der Waals surface area contributed by atoms with E-state index in [0.29, 0.717) is 31.3 Å². The van der Waals surface area contributed by atoms with Crippen LogP contribution >= 0.6 is 12.4 Å². The van der Waals surface area contributed by atoms with E-state index in [9.17, 15) is 13.2 Å². The van der Waals surface area contributed by atoms with Crippen LogP contribution in [0.3, 0.4) is 0 Å². The van der Waals surface area contributed by atoms with Gasteiger partial charge in [-0.2, -0.15) is 0 Å². The SMILES string of the molecule is C[C@@H](CN)NC(=O)CCS(=O)(=O)c1ccc2c(c1)OCCO2.Cl. The maximum absolute atomic E-state index is 12.3. The van der Waals surface area contributed by atoms with E-state index in [-0.39, 0.29) is 41.4 Å². The van der Waals surface area contributed by atoms with Crippen LogP contribution in [0.5, 0.6) is 11.5 Å². The molecule has 1 amide bonds. The van der Waals surface area contributed by atoms with Crippen LogP contribution in [0, 0.1) is 0 Å². The molecule has 0 saturated carbocycles. The average Bonchev–Trinajstić information content (AvgIpc) is 2.52. The van der Waals surface area contributed by atoms with Crippen molar-refractivity contribution in [1.29, 1.82) is 0 Å².